The minimum absolute atomic E-state index is 0.311. The van der Waals surface area contributed by atoms with Gasteiger partial charge in [0.15, 0.2) is 0 Å². The summed E-state index contributed by atoms with van der Waals surface area (Å²) in [6.45, 7) is 0. The molecule has 0 spiro atoms. The Balaban J connectivity index is 1.98. The van der Waals surface area contributed by atoms with Crippen LogP contribution in [0.1, 0.15) is 28.0 Å². The van der Waals surface area contributed by atoms with Crippen molar-refractivity contribution in [3.8, 4) is 6.07 Å². The summed E-state index contributed by atoms with van der Waals surface area (Å²) in [4.78, 5) is 12.3. The van der Waals surface area contributed by atoms with Crippen LogP contribution in [0.15, 0.2) is 51.7 Å². The number of nitriles is 1. The van der Waals surface area contributed by atoms with Crippen molar-refractivity contribution >= 4 is 10.8 Å². The van der Waals surface area contributed by atoms with E-state index < -0.39 is 0 Å². The van der Waals surface area contributed by atoms with Gasteiger partial charge in [-0.2, -0.15) is 5.26 Å². The van der Waals surface area contributed by atoms with Crippen molar-refractivity contribution in [3.63, 3.8) is 0 Å². The average molecular weight is 301 g/mol. The molecule has 0 fully saturated rings. The minimum atomic E-state index is -0.311. The molecule has 4 bridgehead atoms. The summed E-state index contributed by atoms with van der Waals surface area (Å²) in [5, 5.41) is 10.9. The van der Waals surface area contributed by atoms with Crippen LogP contribution in [-0.4, -0.2) is 0 Å². The Bertz CT molecular complexity index is 991. The van der Waals surface area contributed by atoms with Gasteiger partial charge in [0.25, 0.3) is 0 Å². The highest BCUT2D eigenvalue weighted by atomic mass is 16.4. The second-order valence-corrected chi connectivity index (χ2v) is 5.98. The number of aryl methyl sites for hydroxylation is 4. The smallest absolute Gasteiger partial charge is 0.343 e. The molecule has 0 saturated heterocycles. The van der Waals surface area contributed by atoms with Gasteiger partial charge < -0.3 is 4.42 Å². The third kappa shape index (κ3) is 2.43. The third-order valence-electron chi connectivity index (χ3n) is 4.57. The van der Waals surface area contributed by atoms with Gasteiger partial charge in [-0.25, -0.2) is 4.79 Å². The standard InChI is InChI=1S/C20H15NO2/c21-12-15-7-10-18-19-11-16(23-20(18)22)8-5-13-1-3-14(4-2-13)6-9-17(15)19/h1-4,7,10-11H,5-6,8-9H2. The number of benzene rings is 2. The van der Waals surface area contributed by atoms with Crippen LogP contribution >= 0.6 is 0 Å². The van der Waals surface area contributed by atoms with Gasteiger partial charge in [0.2, 0.25) is 0 Å². The van der Waals surface area contributed by atoms with E-state index in [2.05, 4.69) is 30.3 Å². The Kier molecular flexibility index (Phi) is 3.24. The summed E-state index contributed by atoms with van der Waals surface area (Å²) in [6, 6.07) is 16.2. The molecule has 0 saturated carbocycles. The van der Waals surface area contributed by atoms with Crippen molar-refractivity contribution < 1.29 is 4.42 Å². The number of rotatable bonds is 0. The monoisotopic (exact) mass is 301 g/mol. The topological polar surface area (TPSA) is 54.0 Å². The van der Waals surface area contributed by atoms with Crippen molar-refractivity contribution in [3.05, 3.63) is 80.9 Å². The van der Waals surface area contributed by atoms with Gasteiger partial charge in [-0.3, -0.25) is 0 Å². The lowest BCUT2D eigenvalue weighted by Gasteiger charge is -2.12. The molecule has 0 amide bonds. The first kappa shape index (κ1) is 13.8. The molecule has 3 aromatic rings. The van der Waals surface area contributed by atoms with Gasteiger partial charge in [0, 0.05) is 6.42 Å². The van der Waals surface area contributed by atoms with E-state index in [0.29, 0.717) is 23.1 Å². The molecule has 0 aliphatic heterocycles. The van der Waals surface area contributed by atoms with Crippen molar-refractivity contribution in [2.45, 2.75) is 25.7 Å². The summed E-state index contributed by atoms with van der Waals surface area (Å²) in [5.74, 6) is 0.684. The van der Waals surface area contributed by atoms with E-state index in [1.54, 1.807) is 12.1 Å². The maximum atomic E-state index is 12.3. The molecular weight excluding hydrogens is 286 g/mol. The lowest BCUT2D eigenvalue weighted by atomic mass is 9.93. The van der Waals surface area contributed by atoms with E-state index in [0.717, 1.165) is 30.2 Å². The average Bonchev–Trinajstić information content (AvgIpc) is 2.57. The van der Waals surface area contributed by atoms with Crippen molar-refractivity contribution in [2.24, 2.45) is 0 Å². The molecule has 112 valence electrons. The maximum Gasteiger partial charge on any atom is 0.343 e. The normalized spacial score (nSPS) is 13.5. The van der Waals surface area contributed by atoms with Gasteiger partial charge in [0.05, 0.1) is 17.0 Å². The second-order valence-electron chi connectivity index (χ2n) is 5.98. The maximum absolute atomic E-state index is 12.3. The van der Waals surface area contributed by atoms with E-state index in [1.165, 1.54) is 11.1 Å². The fourth-order valence-electron chi connectivity index (χ4n) is 3.28. The molecule has 2 aliphatic rings. The van der Waals surface area contributed by atoms with Crippen LogP contribution in [0, 0.1) is 11.3 Å². The lowest BCUT2D eigenvalue weighted by molar-refractivity contribution is 0.466. The molecule has 2 aliphatic carbocycles. The van der Waals surface area contributed by atoms with Crippen LogP contribution in [0.4, 0.5) is 0 Å². The zero-order chi connectivity index (χ0) is 15.8. The van der Waals surface area contributed by atoms with Crippen molar-refractivity contribution in [1.29, 1.82) is 5.26 Å². The van der Waals surface area contributed by atoms with Gasteiger partial charge in [0.1, 0.15) is 5.76 Å². The Morgan fingerprint density at radius 2 is 1.57 bits per heavy atom. The molecular formula is C20H15NO2. The molecule has 1 aromatic heterocycles. The zero-order valence-corrected chi connectivity index (χ0v) is 12.6. The van der Waals surface area contributed by atoms with Crippen molar-refractivity contribution in [2.75, 3.05) is 0 Å². The summed E-state index contributed by atoms with van der Waals surface area (Å²) < 4.78 is 5.46. The molecule has 0 atom stereocenters. The molecule has 1 heterocycles. The molecule has 0 N–H and O–H groups in total. The first-order valence-corrected chi connectivity index (χ1v) is 7.81. The summed E-state index contributed by atoms with van der Waals surface area (Å²) in [5.41, 5.74) is 3.77. The van der Waals surface area contributed by atoms with E-state index in [4.69, 9.17) is 4.42 Å². The van der Waals surface area contributed by atoms with Gasteiger partial charge in [-0.15, -0.1) is 0 Å². The Morgan fingerprint density at radius 1 is 0.870 bits per heavy atom. The largest absolute Gasteiger partial charge is 0.427 e. The van der Waals surface area contributed by atoms with Gasteiger partial charge in [-0.1, -0.05) is 24.3 Å². The van der Waals surface area contributed by atoms with Crippen molar-refractivity contribution in [1.82, 2.24) is 0 Å². The first-order valence-electron chi connectivity index (χ1n) is 7.81. The van der Waals surface area contributed by atoms with E-state index in [1.807, 2.05) is 6.07 Å². The fourth-order valence-corrected chi connectivity index (χ4v) is 3.28. The predicted molar refractivity (Wildman–Crippen MR) is 88.5 cm³/mol. The van der Waals surface area contributed by atoms with Crippen LogP contribution in [0.5, 0.6) is 0 Å². The first-order chi connectivity index (χ1) is 11.2. The molecule has 0 unspecified atom stereocenters. The summed E-state index contributed by atoms with van der Waals surface area (Å²) in [6.07, 6.45) is 3.11. The number of hydrogen-bond donors (Lipinski definition) is 0. The quantitative estimate of drug-likeness (QED) is 0.638. The molecule has 3 heteroatoms. The van der Waals surface area contributed by atoms with Crippen LogP contribution in [-0.2, 0) is 25.7 Å². The SMILES string of the molecule is N#Cc1ccc2c(=O)oc3cc2c1CCc1ccc(cc1)CC3. The highest BCUT2D eigenvalue weighted by Crippen LogP contribution is 2.24. The van der Waals surface area contributed by atoms with E-state index in [-0.39, 0.29) is 5.63 Å². The number of nitrogens with zero attached hydrogens (tertiary/aromatic N) is 1. The van der Waals surface area contributed by atoms with Gasteiger partial charge in [-0.05, 0) is 59.5 Å². The Hall–Kier alpha value is -2.86. The van der Waals surface area contributed by atoms with E-state index in [9.17, 15) is 10.1 Å². The van der Waals surface area contributed by atoms with E-state index >= 15 is 0 Å². The number of fused-ring (bicyclic) bond motifs is 4. The van der Waals surface area contributed by atoms with Crippen LogP contribution < -0.4 is 5.63 Å². The Labute approximate surface area is 133 Å². The predicted octanol–water partition coefficient (Wildman–Crippen LogP) is 3.55. The van der Waals surface area contributed by atoms with Crippen LogP contribution in [0.2, 0.25) is 0 Å². The molecule has 5 rings (SSSR count). The van der Waals surface area contributed by atoms with Crippen LogP contribution in [0.25, 0.3) is 10.8 Å². The molecule has 23 heavy (non-hydrogen) atoms. The minimum Gasteiger partial charge on any atom is -0.427 e. The number of hydrogen-bond acceptors (Lipinski definition) is 3. The third-order valence-corrected chi connectivity index (χ3v) is 4.57. The van der Waals surface area contributed by atoms with Gasteiger partial charge >= 0.3 is 5.63 Å². The fraction of sp³-hybridized carbons (Fsp3) is 0.200. The molecule has 2 aromatic carbocycles. The summed E-state index contributed by atoms with van der Waals surface area (Å²) >= 11 is 0. The summed E-state index contributed by atoms with van der Waals surface area (Å²) in [7, 11) is 0. The highest BCUT2D eigenvalue weighted by Gasteiger charge is 2.14. The Morgan fingerprint density at radius 3 is 2.26 bits per heavy atom. The lowest BCUT2D eigenvalue weighted by Crippen LogP contribution is -2.07. The highest BCUT2D eigenvalue weighted by molar-refractivity contribution is 5.86. The zero-order valence-electron chi connectivity index (χ0n) is 12.6. The molecule has 0 radical (unpaired) electrons. The van der Waals surface area contributed by atoms with Crippen LogP contribution in [0.3, 0.4) is 0 Å². The second kappa shape index (κ2) is 5.40. The molecule has 3 nitrogen and oxygen atoms in total.